The molecule has 0 spiro atoms. The minimum Gasteiger partial charge on any atom is -0.378 e. The van der Waals surface area contributed by atoms with Crippen LogP contribution in [0.5, 0.6) is 0 Å². The molecule has 3 heteroatoms. The average Bonchev–Trinajstić information content (AvgIpc) is 2.79. The van der Waals surface area contributed by atoms with Gasteiger partial charge in [-0.3, -0.25) is 4.68 Å². The highest BCUT2D eigenvalue weighted by atomic mass is 15.3. The van der Waals surface area contributed by atoms with E-state index in [1.54, 1.807) is 0 Å². The number of hydrogen-bond acceptors (Lipinski definition) is 2. The molecule has 3 nitrogen and oxygen atoms in total. The van der Waals surface area contributed by atoms with E-state index in [-0.39, 0.29) is 0 Å². The highest BCUT2D eigenvalue weighted by Gasteiger charge is 2.01. The lowest BCUT2D eigenvalue weighted by Crippen LogP contribution is -2.01. The van der Waals surface area contributed by atoms with Gasteiger partial charge in [0.05, 0.1) is 11.9 Å². The van der Waals surface area contributed by atoms with Crippen LogP contribution in [0.2, 0.25) is 0 Å². The van der Waals surface area contributed by atoms with E-state index in [0.29, 0.717) is 0 Å². The Labute approximate surface area is 102 Å². The maximum absolute atomic E-state index is 4.24. The van der Waals surface area contributed by atoms with E-state index in [2.05, 4.69) is 49.4 Å². The van der Waals surface area contributed by atoms with E-state index < -0.39 is 0 Å². The number of nitrogens with one attached hydrogen (secondary N) is 1. The third kappa shape index (κ3) is 2.67. The van der Waals surface area contributed by atoms with E-state index in [0.717, 1.165) is 18.8 Å². The fraction of sp³-hybridized carbons (Fsp3) is 0.357. The van der Waals surface area contributed by atoms with E-state index in [1.165, 1.54) is 16.7 Å². The zero-order valence-corrected chi connectivity index (χ0v) is 10.7. The van der Waals surface area contributed by atoms with Gasteiger partial charge in [-0.05, 0) is 37.5 Å². The van der Waals surface area contributed by atoms with Crippen LogP contribution in [0, 0.1) is 13.8 Å². The van der Waals surface area contributed by atoms with Crippen molar-refractivity contribution in [1.82, 2.24) is 9.78 Å². The first-order valence-corrected chi connectivity index (χ1v) is 6.02. The summed E-state index contributed by atoms with van der Waals surface area (Å²) in [5, 5.41) is 7.64. The van der Waals surface area contributed by atoms with Gasteiger partial charge < -0.3 is 5.32 Å². The van der Waals surface area contributed by atoms with Crippen molar-refractivity contribution in [2.24, 2.45) is 0 Å². The van der Waals surface area contributed by atoms with Gasteiger partial charge in [0.1, 0.15) is 0 Å². The minimum atomic E-state index is 0.850. The number of nitrogens with zero attached hydrogens (tertiary/aromatic N) is 2. The normalized spacial score (nSPS) is 10.5. The van der Waals surface area contributed by atoms with Crippen LogP contribution in [0.4, 0.5) is 5.69 Å². The average molecular weight is 229 g/mol. The summed E-state index contributed by atoms with van der Waals surface area (Å²) in [6.45, 7) is 8.16. The smallest absolute Gasteiger partial charge is 0.0729 e. The van der Waals surface area contributed by atoms with Crippen LogP contribution in [0.15, 0.2) is 30.6 Å². The fourth-order valence-corrected chi connectivity index (χ4v) is 1.83. The molecular weight excluding hydrogens is 210 g/mol. The summed E-state index contributed by atoms with van der Waals surface area (Å²) in [6, 6.07) is 6.42. The SMILES string of the molecule is CCn1cc(NCc2cccc(C)c2C)cn1. The van der Waals surface area contributed by atoms with Gasteiger partial charge in [0.25, 0.3) is 0 Å². The summed E-state index contributed by atoms with van der Waals surface area (Å²) < 4.78 is 1.92. The van der Waals surface area contributed by atoms with Crippen LogP contribution in [0.3, 0.4) is 0 Å². The van der Waals surface area contributed by atoms with E-state index >= 15 is 0 Å². The van der Waals surface area contributed by atoms with Gasteiger partial charge in [0.15, 0.2) is 0 Å². The lowest BCUT2D eigenvalue weighted by atomic mass is 10.0. The van der Waals surface area contributed by atoms with Crippen molar-refractivity contribution >= 4 is 5.69 Å². The number of aryl methyl sites for hydroxylation is 2. The Morgan fingerprint density at radius 1 is 1.29 bits per heavy atom. The van der Waals surface area contributed by atoms with E-state index in [9.17, 15) is 0 Å². The first-order valence-electron chi connectivity index (χ1n) is 6.02. The number of benzene rings is 1. The van der Waals surface area contributed by atoms with Crippen LogP contribution in [-0.4, -0.2) is 9.78 Å². The van der Waals surface area contributed by atoms with Gasteiger partial charge in [-0.25, -0.2) is 0 Å². The Kier molecular flexibility index (Phi) is 3.47. The number of anilines is 1. The zero-order valence-electron chi connectivity index (χ0n) is 10.7. The number of aromatic nitrogens is 2. The van der Waals surface area contributed by atoms with Crippen LogP contribution < -0.4 is 5.32 Å². The lowest BCUT2D eigenvalue weighted by molar-refractivity contribution is 0.660. The maximum atomic E-state index is 4.24. The van der Waals surface area contributed by atoms with Crippen LogP contribution in [0.25, 0.3) is 0 Å². The quantitative estimate of drug-likeness (QED) is 0.873. The van der Waals surface area contributed by atoms with Gasteiger partial charge in [-0.15, -0.1) is 0 Å². The summed E-state index contributed by atoms with van der Waals surface area (Å²) in [6.07, 6.45) is 3.90. The molecule has 0 aliphatic rings. The van der Waals surface area contributed by atoms with Crippen molar-refractivity contribution in [3.63, 3.8) is 0 Å². The Morgan fingerprint density at radius 2 is 2.12 bits per heavy atom. The van der Waals surface area contributed by atoms with Crippen LogP contribution in [0.1, 0.15) is 23.6 Å². The lowest BCUT2D eigenvalue weighted by Gasteiger charge is -2.09. The second-order valence-corrected chi connectivity index (χ2v) is 4.30. The molecule has 17 heavy (non-hydrogen) atoms. The molecule has 0 unspecified atom stereocenters. The van der Waals surface area contributed by atoms with Crippen molar-refractivity contribution in [2.75, 3.05) is 5.32 Å². The molecule has 0 atom stereocenters. The molecule has 0 saturated heterocycles. The van der Waals surface area contributed by atoms with Crippen molar-refractivity contribution in [3.05, 3.63) is 47.3 Å². The molecule has 0 saturated carbocycles. The summed E-state index contributed by atoms with van der Waals surface area (Å²) >= 11 is 0. The van der Waals surface area contributed by atoms with Crippen LogP contribution in [-0.2, 0) is 13.1 Å². The molecule has 0 aliphatic carbocycles. The molecule has 1 aromatic heterocycles. The molecule has 1 N–H and O–H groups in total. The van der Waals surface area contributed by atoms with E-state index in [4.69, 9.17) is 0 Å². The van der Waals surface area contributed by atoms with Crippen LogP contribution >= 0.6 is 0 Å². The van der Waals surface area contributed by atoms with Gasteiger partial charge >= 0.3 is 0 Å². The van der Waals surface area contributed by atoms with Crippen molar-refractivity contribution in [2.45, 2.75) is 33.9 Å². The second kappa shape index (κ2) is 5.04. The summed E-state index contributed by atoms with van der Waals surface area (Å²) in [4.78, 5) is 0. The van der Waals surface area contributed by atoms with Gasteiger partial charge in [-0.2, -0.15) is 5.10 Å². The largest absolute Gasteiger partial charge is 0.378 e. The monoisotopic (exact) mass is 229 g/mol. The molecule has 0 bridgehead atoms. The topological polar surface area (TPSA) is 29.9 Å². The standard InChI is InChI=1S/C14H19N3/c1-4-17-10-14(9-16-17)15-8-13-7-5-6-11(2)12(13)3/h5-7,9-10,15H,4,8H2,1-3H3. The third-order valence-electron chi connectivity index (χ3n) is 3.16. The molecule has 0 fully saturated rings. The number of hydrogen-bond donors (Lipinski definition) is 1. The second-order valence-electron chi connectivity index (χ2n) is 4.30. The Balaban J connectivity index is 2.04. The predicted octanol–water partition coefficient (Wildman–Crippen LogP) is 3.13. The molecule has 90 valence electrons. The molecule has 1 aromatic carbocycles. The molecule has 0 radical (unpaired) electrons. The first kappa shape index (κ1) is 11.7. The maximum Gasteiger partial charge on any atom is 0.0729 e. The minimum absolute atomic E-state index is 0.850. The number of rotatable bonds is 4. The van der Waals surface area contributed by atoms with Crippen molar-refractivity contribution < 1.29 is 0 Å². The van der Waals surface area contributed by atoms with Gasteiger partial charge in [-0.1, -0.05) is 18.2 Å². The third-order valence-corrected chi connectivity index (χ3v) is 3.16. The molecule has 2 rings (SSSR count). The Hall–Kier alpha value is -1.77. The predicted molar refractivity (Wildman–Crippen MR) is 71.1 cm³/mol. The molecule has 1 heterocycles. The summed E-state index contributed by atoms with van der Waals surface area (Å²) in [5.74, 6) is 0. The molecular formula is C14H19N3. The van der Waals surface area contributed by atoms with Crippen molar-refractivity contribution in [3.8, 4) is 0 Å². The summed E-state index contributed by atoms with van der Waals surface area (Å²) in [5.41, 5.74) is 5.12. The Bertz CT molecular complexity index is 500. The molecule has 0 aliphatic heterocycles. The molecule has 0 amide bonds. The fourth-order valence-electron chi connectivity index (χ4n) is 1.83. The summed E-state index contributed by atoms with van der Waals surface area (Å²) in [7, 11) is 0. The van der Waals surface area contributed by atoms with Gasteiger partial charge in [0, 0.05) is 19.3 Å². The van der Waals surface area contributed by atoms with Crippen molar-refractivity contribution in [1.29, 1.82) is 0 Å². The highest BCUT2D eigenvalue weighted by Crippen LogP contribution is 2.14. The molecule has 2 aromatic rings. The van der Waals surface area contributed by atoms with E-state index in [1.807, 2.05) is 17.1 Å². The first-order chi connectivity index (χ1) is 8.20. The zero-order chi connectivity index (χ0) is 12.3. The Morgan fingerprint density at radius 3 is 2.82 bits per heavy atom. The van der Waals surface area contributed by atoms with Gasteiger partial charge in [0.2, 0.25) is 0 Å². The highest BCUT2D eigenvalue weighted by molar-refractivity contribution is 5.41.